The molecule has 1 heterocycles. The van der Waals surface area contributed by atoms with Crippen molar-refractivity contribution in [1.82, 2.24) is 4.90 Å². The number of rotatable bonds is 8. The van der Waals surface area contributed by atoms with Crippen molar-refractivity contribution in [3.8, 4) is 11.5 Å². The summed E-state index contributed by atoms with van der Waals surface area (Å²) in [6.07, 6.45) is 0.530. The molecule has 1 unspecified atom stereocenters. The van der Waals surface area contributed by atoms with Crippen LogP contribution >= 0.6 is 0 Å². The second-order valence-electron chi connectivity index (χ2n) is 8.42. The van der Waals surface area contributed by atoms with Crippen LogP contribution in [0.3, 0.4) is 0 Å². The van der Waals surface area contributed by atoms with E-state index in [2.05, 4.69) is 0 Å². The van der Waals surface area contributed by atoms with Gasteiger partial charge in [-0.25, -0.2) is 17.2 Å². The SMILES string of the molecule is CCC(=O)c1cc(F)c(OC2CCN(C(=O)c3cc(S(C)(=O)=O)ccc3OC(C)C)C2)c(F)c1. The molecule has 3 rings (SSSR count). The standard InChI is InChI=1S/C24H27F2NO6S/c1-5-21(28)15-10-19(25)23(20(26)11-15)33-16-8-9-27(13-16)24(29)18-12-17(34(4,30)31)6-7-22(18)32-14(2)3/h6-7,10-12,14,16H,5,8-9,13H2,1-4H3. The highest BCUT2D eigenvalue weighted by Gasteiger charge is 2.32. The summed E-state index contributed by atoms with van der Waals surface area (Å²) < 4.78 is 64.1. The normalized spacial score (nSPS) is 16.1. The number of Topliss-reactive ketones (excluding diaryl/α,β-unsaturated/α-hetero) is 1. The van der Waals surface area contributed by atoms with Crippen molar-refractivity contribution in [2.24, 2.45) is 0 Å². The largest absolute Gasteiger partial charge is 0.490 e. The number of hydrogen-bond acceptors (Lipinski definition) is 6. The molecule has 1 aliphatic heterocycles. The summed E-state index contributed by atoms with van der Waals surface area (Å²) >= 11 is 0. The molecule has 0 bridgehead atoms. The molecule has 1 fully saturated rings. The van der Waals surface area contributed by atoms with Gasteiger partial charge in [0.2, 0.25) is 0 Å². The van der Waals surface area contributed by atoms with Crippen molar-refractivity contribution >= 4 is 21.5 Å². The Bertz CT molecular complexity index is 1190. The number of likely N-dealkylation sites (tertiary alicyclic amines) is 1. The van der Waals surface area contributed by atoms with Gasteiger partial charge in [-0.3, -0.25) is 9.59 Å². The van der Waals surface area contributed by atoms with Gasteiger partial charge in [-0.2, -0.15) is 0 Å². The van der Waals surface area contributed by atoms with Gasteiger partial charge in [0, 0.05) is 31.2 Å². The first kappa shape index (κ1) is 25.6. The molecule has 10 heteroatoms. The summed E-state index contributed by atoms with van der Waals surface area (Å²) in [5, 5.41) is 0. The van der Waals surface area contributed by atoms with E-state index in [1.807, 2.05) is 0 Å². The smallest absolute Gasteiger partial charge is 0.257 e. The van der Waals surface area contributed by atoms with Crippen LogP contribution in [0.4, 0.5) is 8.78 Å². The molecule has 2 aromatic rings. The third-order valence-electron chi connectivity index (χ3n) is 5.33. The zero-order chi connectivity index (χ0) is 25.2. The summed E-state index contributed by atoms with van der Waals surface area (Å²) in [4.78, 5) is 26.4. The van der Waals surface area contributed by atoms with E-state index in [0.717, 1.165) is 18.4 Å². The van der Waals surface area contributed by atoms with E-state index in [0.29, 0.717) is 6.42 Å². The first-order valence-corrected chi connectivity index (χ1v) is 12.8. The summed E-state index contributed by atoms with van der Waals surface area (Å²) in [5.74, 6) is -3.21. The van der Waals surface area contributed by atoms with Crippen LogP contribution in [-0.2, 0) is 9.84 Å². The van der Waals surface area contributed by atoms with Crippen molar-refractivity contribution in [1.29, 1.82) is 0 Å². The molecule has 0 radical (unpaired) electrons. The number of amides is 1. The van der Waals surface area contributed by atoms with Crippen LogP contribution in [0.1, 0.15) is 54.3 Å². The number of carbonyl (C=O) groups excluding carboxylic acids is 2. The van der Waals surface area contributed by atoms with Gasteiger partial charge in [-0.05, 0) is 44.2 Å². The quantitative estimate of drug-likeness (QED) is 0.514. The number of carbonyl (C=O) groups is 2. The molecule has 0 aromatic heterocycles. The highest BCUT2D eigenvalue weighted by molar-refractivity contribution is 7.90. The lowest BCUT2D eigenvalue weighted by Gasteiger charge is -2.21. The monoisotopic (exact) mass is 495 g/mol. The van der Waals surface area contributed by atoms with E-state index in [9.17, 15) is 26.8 Å². The lowest BCUT2D eigenvalue weighted by molar-refractivity contribution is 0.0763. The lowest BCUT2D eigenvalue weighted by Crippen LogP contribution is -2.31. The van der Waals surface area contributed by atoms with Crippen molar-refractivity contribution < 1.29 is 36.3 Å². The van der Waals surface area contributed by atoms with Crippen LogP contribution in [-0.4, -0.2) is 56.6 Å². The number of nitrogens with zero attached hydrogens (tertiary/aromatic N) is 1. The number of benzene rings is 2. The third-order valence-corrected chi connectivity index (χ3v) is 6.44. The molecule has 1 saturated heterocycles. The van der Waals surface area contributed by atoms with E-state index in [1.54, 1.807) is 20.8 Å². The Labute approximate surface area is 197 Å². The van der Waals surface area contributed by atoms with Crippen molar-refractivity contribution in [2.45, 2.75) is 50.7 Å². The maximum absolute atomic E-state index is 14.4. The fourth-order valence-corrected chi connectivity index (χ4v) is 4.29. The molecule has 0 spiro atoms. The van der Waals surface area contributed by atoms with Gasteiger partial charge in [0.25, 0.3) is 5.91 Å². The molecule has 0 N–H and O–H groups in total. The van der Waals surface area contributed by atoms with Gasteiger partial charge in [0.15, 0.2) is 33.0 Å². The minimum atomic E-state index is -3.56. The van der Waals surface area contributed by atoms with Crippen LogP contribution in [0, 0.1) is 11.6 Å². The van der Waals surface area contributed by atoms with E-state index in [4.69, 9.17) is 9.47 Å². The molecular formula is C24H27F2NO6S. The van der Waals surface area contributed by atoms with Crippen molar-refractivity contribution in [3.63, 3.8) is 0 Å². The molecule has 1 atom stereocenters. The number of halogens is 2. The summed E-state index contributed by atoms with van der Waals surface area (Å²) in [7, 11) is -3.56. The zero-order valence-corrected chi connectivity index (χ0v) is 20.2. The number of hydrogen-bond donors (Lipinski definition) is 0. The van der Waals surface area contributed by atoms with Gasteiger partial charge >= 0.3 is 0 Å². The average molecular weight is 496 g/mol. The third kappa shape index (κ3) is 5.72. The molecule has 0 aliphatic carbocycles. The maximum Gasteiger partial charge on any atom is 0.257 e. The van der Waals surface area contributed by atoms with Gasteiger partial charge in [0.1, 0.15) is 11.9 Å². The van der Waals surface area contributed by atoms with E-state index >= 15 is 0 Å². The molecule has 7 nitrogen and oxygen atoms in total. The van der Waals surface area contributed by atoms with Crippen molar-refractivity contribution in [3.05, 3.63) is 53.1 Å². The minimum absolute atomic E-state index is 0.0233. The van der Waals surface area contributed by atoms with Crippen LogP contribution in [0.15, 0.2) is 35.2 Å². The second kappa shape index (κ2) is 10.1. The maximum atomic E-state index is 14.4. The minimum Gasteiger partial charge on any atom is -0.490 e. The number of sulfone groups is 1. The molecular weight excluding hydrogens is 468 g/mol. The van der Waals surface area contributed by atoms with Crippen molar-refractivity contribution in [2.75, 3.05) is 19.3 Å². The van der Waals surface area contributed by atoms with Gasteiger partial charge in [-0.1, -0.05) is 6.92 Å². The molecule has 1 aliphatic rings. The predicted molar refractivity (Wildman–Crippen MR) is 121 cm³/mol. The Morgan fingerprint density at radius 1 is 1.15 bits per heavy atom. The topological polar surface area (TPSA) is 90.0 Å². The fourth-order valence-electron chi connectivity index (χ4n) is 3.65. The highest BCUT2D eigenvalue weighted by Crippen LogP contribution is 2.30. The molecule has 0 saturated carbocycles. The summed E-state index contributed by atoms with van der Waals surface area (Å²) in [6.45, 7) is 5.43. The van der Waals surface area contributed by atoms with E-state index < -0.39 is 45.0 Å². The van der Waals surface area contributed by atoms with Gasteiger partial charge in [-0.15, -0.1) is 0 Å². The fraction of sp³-hybridized carbons (Fsp3) is 0.417. The Kier molecular flexibility index (Phi) is 7.60. The van der Waals surface area contributed by atoms with Crippen LogP contribution in [0.5, 0.6) is 11.5 Å². The van der Waals surface area contributed by atoms with Gasteiger partial charge < -0.3 is 14.4 Å². The first-order valence-electron chi connectivity index (χ1n) is 10.9. The molecule has 1 amide bonds. The Hall–Kier alpha value is -3.01. The number of ether oxygens (including phenoxy) is 2. The molecule has 2 aromatic carbocycles. The molecule has 184 valence electrons. The van der Waals surface area contributed by atoms with Crippen LogP contribution < -0.4 is 9.47 Å². The zero-order valence-electron chi connectivity index (χ0n) is 19.4. The summed E-state index contributed by atoms with van der Waals surface area (Å²) in [6, 6.07) is 5.96. The van der Waals surface area contributed by atoms with Crippen LogP contribution in [0.2, 0.25) is 0 Å². The predicted octanol–water partition coefficient (Wildman–Crippen LogP) is 4.04. The Morgan fingerprint density at radius 3 is 2.35 bits per heavy atom. The Morgan fingerprint density at radius 2 is 1.79 bits per heavy atom. The highest BCUT2D eigenvalue weighted by atomic mass is 32.2. The van der Waals surface area contributed by atoms with E-state index in [-0.39, 0.29) is 47.4 Å². The Balaban J connectivity index is 1.81. The number of ketones is 1. The second-order valence-corrected chi connectivity index (χ2v) is 10.4. The average Bonchev–Trinajstić information content (AvgIpc) is 3.23. The lowest BCUT2D eigenvalue weighted by atomic mass is 10.1. The first-order chi connectivity index (χ1) is 15.9. The molecule has 34 heavy (non-hydrogen) atoms. The van der Waals surface area contributed by atoms with Crippen LogP contribution in [0.25, 0.3) is 0 Å². The van der Waals surface area contributed by atoms with E-state index in [1.165, 1.54) is 23.1 Å². The summed E-state index contributed by atoms with van der Waals surface area (Å²) in [5.41, 5.74) is 0.00795. The van der Waals surface area contributed by atoms with Gasteiger partial charge in [0.05, 0.1) is 23.1 Å².